The van der Waals surface area contributed by atoms with E-state index >= 15 is 0 Å². The molecule has 0 spiro atoms. The molecule has 0 aromatic heterocycles. The maximum Gasteiger partial charge on any atom is 0.406 e. The molecule has 1 saturated heterocycles. The van der Waals surface area contributed by atoms with Crippen LogP contribution in [0.2, 0.25) is 0 Å². The van der Waals surface area contributed by atoms with Gasteiger partial charge in [0.1, 0.15) is 0 Å². The van der Waals surface area contributed by atoms with Gasteiger partial charge in [0.05, 0.1) is 7.11 Å². The summed E-state index contributed by atoms with van der Waals surface area (Å²) in [6.07, 6.45) is 2.03. The molecule has 0 radical (unpaired) electrons. The molecule has 1 fully saturated rings. The summed E-state index contributed by atoms with van der Waals surface area (Å²) in [4.78, 5) is 10.8. The van der Waals surface area contributed by atoms with Gasteiger partial charge in [-0.3, -0.25) is 0 Å². The highest BCUT2D eigenvalue weighted by Crippen LogP contribution is 2.12. The molecule has 1 rings (SSSR count). The monoisotopic (exact) mass is 186 g/mol. The van der Waals surface area contributed by atoms with Crippen molar-refractivity contribution in [1.29, 1.82) is 0 Å². The largest absolute Gasteiger partial charge is 0.453 e. The minimum atomic E-state index is -0.335. The summed E-state index contributed by atoms with van der Waals surface area (Å²) >= 11 is 0. The van der Waals surface area contributed by atoms with Crippen molar-refractivity contribution in [3.05, 3.63) is 0 Å². The third-order valence-electron chi connectivity index (χ3n) is 2.48. The van der Waals surface area contributed by atoms with Crippen LogP contribution >= 0.6 is 0 Å². The average molecular weight is 186 g/mol. The fraction of sp³-hybridized carbons (Fsp3) is 0.889. The summed E-state index contributed by atoms with van der Waals surface area (Å²) < 4.78 is 4.49. The van der Waals surface area contributed by atoms with Crippen LogP contribution in [0.5, 0.6) is 0 Å². The molecule has 0 bridgehead atoms. The van der Waals surface area contributed by atoms with Gasteiger partial charge in [-0.15, -0.1) is 0 Å². The molecule has 76 valence electrons. The summed E-state index contributed by atoms with van der Waals surface area (Å²) in [5.41, 5.74) is 0. The molecule has 1 aliphatic heterocycles. The van der Waals surface area contributed by atoms with Gasteiger partial charge >= 0.3 is 6.09 Å². The van der Waals surface area contributed by atoms with Gasteiger partial charge in [0.2, 0.25) is 0 Å². The van der Waals surface area contributed by atoms with E-state index in [2.05, 4.69) is 22.3 Å². The van der Waals surface area contributed by atoms with Crippen molar-refractivity contribution in [3.63, 3.8) is 0 Å². The zero-order valence-corrected chi connectivity index (χ0v) is 8.30. The minimum absolute atomic E-state index is 0.335. The van der Waals surface area contributed by atoms with Gasteiger partial charge in [0.25, 0.3) is 0 Å². The Bertz CT molecular complexity index is 165. The Morgan fingerprint density at radius 1 is 1.62 bits per heavy atom. The Hall–Kier alpha value is -0.770. The second-order valence-electron chi connectivity index (χ2n) is 3.63. The van der Waals surface area contributed by atoms with Crippen LogP contribution in [-0.2, 0) is 4.74 Å². The molecule has 1 amide bonds. The maximum absolute atomic E-state index is 10.8. The molecule has 2 atom stereocenters. The van der Waals surface area contributed by atoms with Gasteiger partial charge in [0, 0.05) is 12.6 Å². The molecule has 1 aliphatic rings. The lowest BCUT2D eigenvalue weighted by atomic mass is 9.95. The highest BCUT2D eigenvalue weighted by Gasteiger charge is 2.17. The average Bonchev–Trinajstić information content (AvgIpc) is 2.16. The number of hydrogen-bond donors (Lipinski definition) is 2. The summed E-state index contributed by atoms with van der Waals surface area (Å²) in [5.74, 6) is 0.551. The van der Waals surface area contributed by atoms with E-state index in [4.69, 9.17) is 0 Å². The van der Waals surface area contributed by atoms with Gasteiger partial charge in [0.15, 0.2) is 0 Å². The number of ether oxygens (including phenoxy) is 1. The van der Waals surface area contributed by atoms with Crippen LogP contribution in [0.3, 0.4) is 0 Å². The second-order valence-corrected chi connectivity index (χ2v) is 3.63. The van der Waals surface area contributed by atoms with E-state index in [1.54, 1.807) is 0 Å². The first-order valence-corrected chi connectivity index (χ1v) is 4.77. The normalized spacial score (nSPS) is 28.2. The quantitative estimate of drug-likeness (QED) is 0.668. The number of rotatable bonds is 2. The third-order valence-corrected chi connectivity index (χ3v) is 2.48. The molecule has 0 aromatic rings. The lowest BCUT2D eigenvalue weighted by Gasteiger charge is -2.27. The molecular formula is C9H18N2O2. The summed E-state index contributed by atoms with van der Waals surface area (Å²) in [6, 6.07) is 0.620. The number of nitrogens with one attached hydrogen (secondary N) is 2. The van der Waals surface area contributed by atoms with E-state index in [0.29, 0.717) is 18.5 Å². The van der Waals surface area contributed by atoms with Crippen molar-refractivity contribution in [2.24, 2.45) is 5.92 Å². The van der Waals surface area contributed by atoms with E-state index < -0.39 is 0 Å². The highest BCUT2D eigenvalue weighted by molar-refractivity contribution is 5.66. The molecule has 2 unspecified atom stereocenters. The number of alkyl carbamates (subject to hydrolysis) is 1. The molecule has 1 heterocycles. The number of carbonyl (C=O) groups is 1. The van der Waals surface area contributed by atoms with Crippen molar-refractivity contribution in [2.45, 2.75) is 25.8 Å². The van der Waals surface area contributed by atoms with Crippen LogP contribution < -0.4 is 10.6 Å². The zero-order chi connectivity index (χ0) is 9.68. The van der Waals surface area contributed by atoms with E-state index in [9.17, 15) is 4.79 Å². The number of hydrogen-bond acceptors (Lipinski definition) is 3. The van der Waals surface area contributed by atoms with Crippen LogP contribution in [0.1, 0.15) is 19.8 Å². The van der Waals surface area contributed by atoms with Gasteiger partial charge < -0.3 is 15.4 Å². The molecule has 0 aliphatic carbocycles. The first-order chi connectivity index (χ1) is 6.22. The lowest BCUT2D eigenvalue weighted by molar-refractivity contribution is 0.167. The summed E-state index contributed by atoms with van der Waals surface area (Å²) in [5, 5.41) is 6.10. The number of piperidine rings is 1. The Morgan fingerprint density at radius 3 is 2.92 bits per heavy atom. The van der Waals surface area contributed by atoms with Crippen molar-refractivity contribution in [3.8, 4) is 0 Å². The molecular weight excluding hydrogens is 168 g/mol. The Balaban J connectivity index is 2.12. The van der Waals surface area contributed by atoms with Crippen LogP contribution in [-0.4, -0.2) is 32.3 Å². The molecule has 13 heavy (non-hydrogen) atoms. The fourth-order valence-corrected chi connectivity index (χ4v) is 1.53. The molecule has 4 heteroatoms. The van der Waals surface area contributed by atoms with Gasteiger partial charge in [-0.25, -0.2) is 4.79 Å². The topological polar surface area (TPSA) is 50.4 Å². The third kappa shape index (κ3) is 3.63. The number of amides is 1. The van der Waals surface area contributed by atoms with Gasteiger partial charge in [-0.2, -0.15) is 0 Å². The van der Waals surface area contributed by atoms with Crippen LogP contribution in [0.25, 0.3) is 0 Å². The molecule has 0 saturated carbocycles. The smallest absolute Gasteiger partial charge is 0.406 e. The van der Waals surface area contributed by atoms with Crippen LogP contribution in [0.4, 0.5) is 4.79 Å². The zero-order valence-electron chi connectivity index (χ0n) is 8.30. The van der Waals surface area contributed by atoms with Crippen LogP contribution in [0, 0.1) is 5.92 Å². The van der Waals surface area contributed by atoms with E-state index in [1.807, 2.05) is 0 Å². The Morgan fingerprint density at radius 2 is 2.38 bits per heavy atom. The summed E-state index contributed by atoms with van der Waals surface area (Å²) in [7, 11) is 1.39. The van der Waals surface area contributed by atoms with Gasteiger partial charge in [-0.05, 0) is 32.2 Å². The predicted octanol–water partition coefficient (Wildman–Crippen LogP) is 0.730. The standard InChI is InChI=1S/C9H18N2O2/c1-7-3-4-8(5-10-7)6-11-9(12)13-2/h7-8,10H,3-6H2,1-2H3,(H,11,12). The highest BCUT2D eigenvalue weighted by atomic mass is 16.5. The van der Waals surface area contributed by atoms with Crippen molar-refractivity contribution >= 4 is 6.09 Å². The number of carbonyl (C=O) groups excluding carboxylic acids is 1. The fourth-order valence-electron chi connectivity index (χ4n) is 1.53. The summed E-state index contributed by atoms with van der Waals surface area (Å²) in [6.45, 7) is 3.89. The first-order valence-electron chi connectivity index (χ1n) is 4.77. The van der Waals surface area contributed by atoms with E-state index in [0.717, 1.165) is 6.54 Å². The maximum atomic E-state index is 10.8. The Kier molecular flexibility index (Phi) is 4.02. The lowest BCUT2D eigenvalue weighted by Crippen LogP contribution is -2.41. The molecule has 2 N–H and O–H groups in total. The van der Waals surface area contributed by atoms with E-state index in [-0.39, 0.29) is 6.09 Å². The van der Waals surface area contributed by atoms with Crippen molar-refractivity contribution in [1.82, 2.24) is 10.6 Å². The second kappa shape index (κ2) is 5.07. The van der Waals surface area contributed by atoms with Crippen molar-refractivity contribution < 1.29 is 9.53 Å². The van der Waals surface area contributed by atoms with Crippen LogP contribution in [0.15, 0.2) is 0 Å². The van der Waals surface area contributed by atoms with E-state index in [1.165, 1.54) is 20.0 Å². The first kappa shape index (κ1) is 10.3. The predicted molar refractivity (Wildman–Crippen MR) is 50.6 cm³/mol. The SMILES string of the molecule is COC(=O)NCC1CCC(C)NC1. The molecule has 0 aromatic carbocycles. The van der Waals surface area contributed by atoms with Crippen molar-refractivity contribution in [2.75, 3.05) is 20.2 Å². The molecule has 4 nitrogen and oxygen atoms in total. The van der Waals surface area contributed by atoms with Gasteiger partial charge in [-0.1, -0.05) is 0 Å². The Labute approximate surface area is 79.0 Å². The number of methoxy groups -OCH3 is 1. The minimum Gasteiger partial charge on any atom is -0.453 e.